The first-order chi connectivity index (χ1) is 14.8. The van der Waals surface area contributed by atoms with Gasteiger partial charge in [-0.3, -0.25) is 14.9 Å². The monoisotopic (exact) mass is 442 g/mol. The van der Waals surface area contributed by atoms with Gasteiger partial charge in [0.2, 0.25) is 10.0 Å². The number of nitro benzene ring substituents is 1. The van der Waals surface area contributed by atoms with Gasteiger partial charge in [0.15, 0.2) is 0 Å². The summed E-state index contributed by atoms with van der Waals surface area (Å²) in [4.78, 5) is 25.0. The van der Waals surface area contributed by atoms with Crippen LogP contribution in [-0.4, -0.2) is 59.2 Å². The van der Waals surface area contributed by atoms with Gasteiger partial charge in [0.25, 0.3) is 11.6 Å². The van der Waals surface area contributed by atoms with Gasteiger partial charge in [-0.2, -0.15) is 4.31 Å². The lowest BCUT2D eigenvalue weighted by atomic mass is 10.1. The molecule has 1 aromatic heterocycles. The van der Waals surface area contributed by atoms with Crippen LogP contribution in [0.1, 0.15) is 17.3 Å². The van der Waals surface area contributed by atoms with Crippen molar-refractivity contribution >= 4 is 32.5 Å². The average molecular weight is 442 g/mol. The summed E-state index contributed by atoms with van der Waals surface area (Å²) in [6.07, 6.45) is 1.85. The van der Waals surface area contributed by atoms with Gasteiger partial charge in [0.1, 0.15) is 0 Å². The Labute approximate surface area is 179 Å². The number of benzene rings is 2. The van der Waals surface area contributed by atoms with Gasteiger partial charge in [0.05, 0.1) is 15.4 Å². The first-order valence-corrected chi connectivity index (χ1v) is 11.4. The zero-order valence-corrected chi connectivity index (χ0v) is 17.8. The van der Waals surface area contributed by atoms with Crippen LogP contribution in [0.5, 0.6) is 0 Å². The highest BCUT2D eigenvalue weighted by molar-refractivity contribution is 7.89. The Hall–Kier alpha value is -3.24. The van der Waals surface area contributed by atoms with Crippen molar-refractivity contribution in [3.63, 3.8) is 0 Å². The highest BCUT2D eigenvalue weighted by atomic mass is 32.2. The van der Waals surface area contributed by atoms with E-state index in [1.54, 1.807) is 4.90 Å². The molecule has 0 N–H and O–H groups in total. The predicted molar refractivity (Wildman–Crippen MR) is 115 cm³/mol. The quantitative estimate of drug-likeness (QED) is 0.446. The van der Waals surface area contributed by atoms with Crippen molar-refractivity contribution in [2.75, 3.05) is 26.2 Å². The van der Waals surface area contributed by atoms with Gasteiger partial charge in [-0.1, -0.05) is 18.2 Å². The van der Waals surface area contributed by atoms with Crippen molar-refractivity contribution in [1.82, 2.24) is 13.8 Å². The number of hydrogen-bond donors (Lipinski definition) is 0. The molecular weight excluding hydrogens is 420 g/mol. The molecule has 0 unspecified atom stereocenters. The number of fused-ring (bicyclic) bond motifs is 1. The van der Waals surface area contributed by atoms with E-state index in [4.69, 9.17) is 0 Å². The van der Waals surface area contributed by atoms with Crippen LogP contribution in [0.15, 0.2) is 59.6 Å². The number of para-hydroxylation sites is 1. The zero-order chi connectivity index (χ0) is 22.2. The third kappa shape index (κ3) is 3.79. The van der Waals surface area contributed by atoms with Crippen molar-refractivity contribution in [1.29, 1.82) is 0 Å². The summed E-state index contributed by atoms with van der Waals surface area (Å²) in [7, 11) is -3.78. The minimum atomic E-state index is -3.78. The number of sulfonamides is 1. The van der Waals surface area contributed by atoms with E-state index in [-0.39, 0.29) is 42.7 Å². The third-order valence-electron chi connectivity index (χ3n) is 5.57. The van der Waals surface area contributed by atoms with Crippen LogP contribution in [0, 0.1) is 10.1 Å². The van der Waals surface area contributed by atoms with Crippen LogP contribution >= 0.6 is 0 Å². The number of carbonyl (C=O) groups is 1. The van der Waals surface area contributed by atoms with Crippen LogP contribution in [0.2, 0.25) is 0 Å². The maximum absolute atomic E-state index is 13.2. The molecule has 0 bridgehead atoms. The first kappa shape index (κ1) is 21.0. The minimum Gasteiger partial charge on any atom is -0.347 e. The number of amides is 1. The second-order valence-electron chi connectivity index (χ2n) is 7.29. The molecule has 0 radical (unpaired) electrons. The summed E-state index contributed by atoms with van der Waals surface area (Å²) < 4.78 is 29.1. The topological polar surface area (TPSA) is 106 Å². The maximum Gasteiger partial charge on any atom is 0.269 e. The Morgan fingerprint density at radius 3 is 2.29 bits per heavy atom. The second kappa shape index (κ2) is 8.12. The molecule has 1 aliphatic heterocycles. The van der Waals surface area contributed by atoms with Crippen molar-refractivity contribution in [2.24, 2.45) is 0 Å². The highest BCUT2D eigenvalue weighted by Crippen LogP contribution is 2.25. The Balaban J connectivity index is 1.50. The second-order valence-corrected chi connectivity index (χ2v) is 9.23. The van der Waals surface area contributed by atoms with Crippen LogP contribution in [-0.2, 0) is 16.6 Å². The van der Waals surface area contributed by atoms with E-state index in [1.807, 2.05) is 42.0 Å². The summed E-state index contributed by atoms with van der Waals surface area (Å²) in [5, 5.41) is 11.7. The smallest absolute Gasteiger partial charge is 0.269 e. The fourth-order valence-electron chi connectivity index (χ4n) is 3.87. The molecule has 2 heterocycles. The van der Waals surface area contributed by atoms with E-state index in [1.165, 1.54) is 28.6 Å². The van der Waals surface area contributed by atoms with E-state index in [0.717, 1.165) is 17.4 Å². The lowest BCUT2D eigenvalue weighted by Gasteiger charge is -2.34. The number of non-ortho nitro benzene ring substituents is 1. The number of rotatable bonds is 5. The molecular formula is C21H22N4O5S. The summed E-state index contributed by atoms with van der Waals surface area (Å²) >= 11 is 0. The molecule has 162 valence electrons. The van der Waals surface area contributed by atoms with E-state index in [0.29, 0.717) is 5.56 Å². The number of nitro groups is 1. The number of nitrogens with zero attached hydrogens (tertiary/aromatic N) is 4. The van der Waals surface area contributed by atoms with Gasteiger partial charge < -0.3 is 9.47 Å². The molecule has 1 saturated heterocycles. The largest absolute Gasteiger partial charge is 0.347 e. The molecule has 1 fully saturated rings. The van der Waals surface area contributed by atoms with E-state index < -0.39 is 14.9 Å². The summed E-state index contributed by atoms with van der Waals surface area (Å²) in [5.74, 6) is -0.115. The van der Waals surface area contributed by atoms with E-state index in [9.17, 15) is 23.3 Å². The number of aryl methyl sites for hydroxylation is 1. The van der Waals surface area contributed by atoms with E-state index >= 15 is 0 Å². The molecule has 31 heavy (non-hydrogen) atoms. The summed E-state index contributed by atoms with van der Waals surface area (Å²) in [6.45, 7) is 3.64. The van der Waals surface area contributed by atoms with Crippen LogP contribution in [0.4, 0.5) is 5.69 Å². The average Bonchev–Trinajstić information content (AvgIpc) is 3.17. The standard InChI is InChI=1S/C21H22N4O5S/c1-2-22-15-19(18-5-3-4-6-20(18)22)21(26)23-11-13-24(14-12-23)31(29,30)17-9-7-16(8-10-17)25(27)28/h3-10,15H,2,11-14H2,1H3. The van der Waals surface area contributed by atoms with Gasteiger partial charge in [-0.25, -0.2) is 8.42 Å². The Morgan fingerprint density at radius 2 is 1.68 bits per heavy atom. The molecule has 3 aromatic rings. The van der Waals surface area contributed by atoms with Gasteiger partial charge in [0, 0.05) is 62.0 Å². The van der Waals surface area contributed by atoms with Gasteiger partial charge >= 0.3 is 0 Å². The molecule has 1 aliphatic rings. The van der Waals surface area contributed by atoms with Crippen molar-refractivity contribution in [2.45, 2.75) is 18.4 Å². The zero-order valence-electron chi connectivity index (χ0n) is 17.0. The van der Waals surface area contributed by atoms with Crippen LogP contribution in [0.3, 0.4) is 0 Å². The fraction of sp³-hybridized carbons (Fsp3) is 0.286. The van der Waals surface area contributed by atoms with Gasteiger partial charge in [-0.15, -0.1) is 0 Å². The molecule has 1 amide bonds. The first-order valence-electron chi connectivity index (χ1n) is 9.94. The molecule has 9 nitrogen and oxygen atoms in total. The van der Waals surface area contributed by atoms with Crippen molar-refractivity contribution < 1.29 is 18.1 Å². The van der Waals surface area contributed by atoms with E-state index in [2.05, 4.69) is 0 Å². The van der Waals surface area contributed by atoms with Crippen molar-refractivity contribution in [3.05, 3.63) is 70.4 Å². The highest BCUT2D eigenvalue weighted by Gasteiger charge is 2.31. The normalized spacial score (nSPS) is 15.3. The molecule has 2 aromatic carbocycles. The molecule has 0 aliphatic carbocycles. The minimum absolute atomic E-state index is 0.00360. The molecule has 4 rings (SSSR count). The number of carbonyl (C=O) groups excluding carboxylic acids is 1. The Bertz CT molecular complexity index is 1240. The molecule has 0 spiro atoms. The molecule has 0 saturated carbocycles. The Morgan fingerprint density at radius 1 is 1.03 bits per heavy atom. The number of hydrogen-bond acceptors (Lipinski definition) is 5. The summed E-state index contributed by atoms with van der Waals surface area (Å²) in [5.41, 5.74) is 1.44. The number of piperazine rings is 1. The maximum atomic E-state index is 13.2. The van der Waals surface area contributed by atoms with Crippen LogP contribution < -0.4 is 0 Å². The Kier molecular flexibility index (Phi) is 5.50. The fourth-order valence-corrected chi connectivity index (χ4v) is 5.29. The molecule has 10 heteroatoms. The summed E-state index contributed by atoms with van der Waals surface area (Å²) in [6, 6.07) is 12.6. The van der Waals surface area contributed by atoms with Gasteiger partial charge in [-0.05, 0) is 25.1 Å². The molecule has 0 atom stereocenters. The van der Waals surface area contributed by atoms with Crippen LogP contribution in [0.25, 0.3) is 10.9 Å². The third-order valence-corrected chi connectivity index (χ3v) is 7.48. The lowest BCUT2D eigenvalue weighted by molar-refractivity contribution is -0.384. The number of aromatic nitrogens is 1. The lowest BCUT2D eigenvalue weighted by Crippen LogP contribution is -2.50. The SMILES string of the molecule is CCn1cc(C(=O)N2CCN(S(=O)(=O)c3ccc([N+](=O)[O-])cc3)CC2)c2ccccc21. The van der Waals surface area contributed by atoms with Crippen molar-refractivity contribution in [3.8, 4) is 0 Å². The predicted octanol–water partition coefficient (Wildman–Crippen LogP) is 2.72.